The lowest BCUT2D eigenvalue weighted by Gasteiger charge is -2.30. The van der Waals surface area contributed by atoms with Gasteiger partial charge in [-0.15, -0.1) is 0 Å². The Bertz CT molecular complexity index is 296. The highest BCUT2D eigenvalue weighted by molar-refractivity contribution is 5.81. The zero-order chi connectivity index (χ0) is 14.3. The van der Waals surface area contributed by atoms with Gasteiger partial charge in [-0.2, -0.15) is 0 Å². The Hall–Kier alpha value is -0.940. The number of aliphatic hydroxyl groups excluding tert-OH is 2. The van der Waals surface area contributed by atoms with Gasteiger partial charge in [-0.25, -0.2) is 0 Å². The van der Waals surface area contributed by atoms with E-state index in [1.165, 1.54) is 0 Å². The molecule has 1 fully saturated rings. The number of unbranched alkanes of at least 4 members (excludes halogenated alkanes) is 1. The van der Waals surface area contributed by atoms with Crippen LogP contribution in [0.5, 0.6) is 0 Å². The Kier molecular flexibility index (Phi) is 7.02. The molecule has 0 heterocycles. The predicted octanol–water partition coefficient (Wildman–Crippen LogP) is 1.03. The Morgan fingerprint density at radius 2 is 2.16 bits per heavy atom. The second-order valence-electron chi connectivity index (χ2n) is 5.30. The van der Waals surface area contributed by atoms with Crippen LogP contribution >= 0.6 is 0 Å². The molecule has 19 heavy (non-hydrogen) atoms. The fourth-order valence-corrected chi connectivity index (χ4v) is 2.48. The number of amides is 1. The maximum absolute atomic E-state index is 12.0. The van der Waals surface area contributed by atoms with Crippen LogP contribution in [-0.2, 0) is 4.79 Å². The minimum absolute atomic E-state index is 0.243. The maximum Gasteiger partial charge on any atom is 0.251 e. The molecular weight excluding hydrogens is 244 g/mol. The zero-order valence-electron chi connectivity index (χ0n) is 11.7. The molecule has 0 aliphatic heterocycles. The molecule has 0 spiro atoms. The quantitative estimate of drug-likeness (QED) is 0.604. The summed E-state index contributed by atoms with van der Waals surface area (Å²) in [4.78, 5) is 15.8. The van der Waals surface area contributed by atoms with Crippen LogP contribution in [0.15, 0.2) is 4.99 Å². The van der Waals surface area contributed by atoms with Crippen molar-refractivity contribution in [2.45, 2.75) is 76.2 Å². The van der Waals surface area contributed by atoms with Gasteiger partial charge in [0.25, 0.3) is 5.91 Å². The first-order chi connectivity index (χ1) is 9.10. The van der Waals surface area contributed by atoms with Crippen LogP contribution in [0.4, 0.5) is 0 Å². The first-order valence-corrected chi connectivity index (χ1v) is 7.22. The number of aliphatic hydroxyl groups is 2. The SMILES string of the molecule is C=N[C@@H](CCCC)[C@H](O)C(=O)N[C@H]1CCCC[C@@H]1O. The summed E-state index contributed by atoms with van der Waals surface area (Å²) in [5, 5.41) is 22.5. The Morgan fingerprint density at radius 3 is 2.74 bits per heavy atom. The third-order valence-electron chi connectivity index (χ3n) is 3.78. The molecule has 1 saturated carbocycles. The highest BCUT2D eigenvalue weighted by atomic mass is 16.3. The van der Waals surface area contributed by atoms with E-state index < -0.39 is 24.2 Å². The van der Waals surface area contributed by atoms with Gasteiger partial charge in [0.2, 0.25) is 0 Å². The minimum Gasteiger partial charge on any atom is -0.391 e. The van der Waals surface area contributed by atoms with Crippen molar-refractivity contribution in [1.82, 2.24) is 5.32 Å². The van der Waals surface area contributed by atoms with Crippen LogP contribution in [0.25, 0.3) is 0 Å². The summed E-state index contributed by atoms with van der Waals surface area (Å²) in [5.74, 6) is -0.445. The number of carbonyl (C=O) groups excluding carboxylic acids is 1. The van der Waals surface area contributed by atoms with Crippen LogP contribution in [0.3, 0.4) is 0 Å². The maximum atomic E-state index is 12.0. The molecule has 1 aliphatic rings. The summed E-state index contributed by atoms with van der Waals surface area (Å²) in [6.07, 6.45) is 4.33. The normalized spacial score (nSPS) is 26.5. The molecular formula is C14H26N2O3. The largest absolute Gasteiger partial charge is 0.391 e. The highest BCUT2D eigenvalue weighted by Crippen LogP contribution is 2.19. The van der Waals surface area contributed by atoms with Gasteiger partial charge in [-0.3, -0.25) is 9.79 Å². The smallest absolute Gasteiger partial charge is 0.251 e. The van der Waals surface area contributed by atoms with Crippen molar-refractivity contribution >= 4 is 12.6 Å². The minimum atomic E-state index is -1.17. The molecule has 4 atom stereocenters. The van der Waals surface area contributed by atoms with Crippen molar-refractivity contribution in [3.63, 3.8) is 0 Å². The fraction of sp³-hybridized carbons (Fsp3) is 0.857. The number of nitrogens with one attached hydrogen (secondary N) is 1. The molecule has 1 aliphatic carbocycles. The average molecular weight is 270 g/mol. The van der Waals surface area contributed by atoms with Gasteiger partial charge >= 0.3 is 0 Å². The van der Waals surface area contributed by atoms with E-state index in [0.29, 0.717) is 12.8 Å². The van der Waals surface area contributed by atoms with E-state index in [4.69, 9.17) is 0 Å². The van der Waals surface area contributed by atoms with Crippen LogP contribution < -0.4 is 5.32 Å². The van der Waals surface area contributed by atoms with E-state index >= 15 is 0 Å². The van der Waals surface area contributed by atoms with E-state index in [9.17, 15) is 15.0 Å². The molecule has 1 rings (SSSR count). The summed E-state index contributed by atoms with van der Waals surface area (Å²) in [5.41, 5.74) is 0. The summed E-state index contributed by atoms with van der Waals surface area (Å²) in [7, 11) is 0. The summed E-state index contributed by atoms with van der Waals surface area (Å²) < 4.78 is 0. The van der Waals surface area contributed by atoms with Gasteiger partial charge in [-0.05, 0) is 26.0 Å². The molecule has 0 saturated heterocycles. The lowest BCUT2D eigenvalue weighted by atomic mass is 9.92. The number of carbonyl (C=O) groups is 1. The zero-order valence-corrected chi connectivity index (χ0v) is 11.7. The highest BCUT2D eigenvalue weighted by Gasteiger charge is 2.30. The van der Waals surface area contributed by atoms with Crippen molar-refractivity contribution in [2.75, 3.05) is 0 Å². The predicted molar refractivity (Wildman–Crippen MR) is 75.3 cm³/mol. The van der Waals surface area contributed by atoms with Crippen LogP contribution in [0, 0.1) is 0 Å². The van der Waals surface area contributed by atoms with Crippen molar-refractivity contribution in [2.24, 2.45) is 4.99 Å². The van der Waals surface area contributed by atoms with Gasteiger partial charge in [-0.1, -0.05) is 32.6 Å². The third-order valence-corrected chi connectivity index (χ3v) is 3.78. The van der Waals surface area contributed by atoms with Crippen LogP contribution in [0.1, 0.15) is 51.9 Å². The lowest BCUT2D eigenvalue weighted by molar-refractivity contribution is -0.132. The molecule has 5 heteroatoms. The Labute approximate surface area is 115 Å². The van der Waals surface area contributed by atoms with Crippen molar-refractivity contribution in [1.29, 1.82) is 0 Å². The van der Waals surface area contributed by atoms with Crippen LogP contribution in [0.2, 0.25) is 0 Å². The van der Waals surface area contributed by atoms with Gasteiger partial charge in [0.15, 0.2) is 6.10 Å². The number of hydrogen-bond acceptors (Lipinski definition) is 4. The molecule has 0 bridgehead atoms. The van der Waals surface area contributed by atoms with E-state index in [1.54, 1.807) is 0 Å². The Morgan fingerprint density at radius 1 is 1.47 bits per heavy atom. The van der Waals surface area contributed by atoms with Gasteiger partial charge in [0.05, 0.1) is 18.2 Å². The standard InChI is InChI=1S/C14H26N2O3/c1-3-4-7-11(15-2)13(18)14(19)16-10-8-5-6-9-12(10)17/h10-13,17-18H,2-9H2,1H3,(H,16,19)/t10-,11-,12-,13-/m0/s1. The van der Waals surface area contributed by atoms with Crippen molar-refractivity contribution in [3.05, 3.63) is 0 Å². The Balaban J connectivity index is 2.48. The number of rotatable bonds is 7. The number of hydrogen-bond donors (Lipinski definition) is 3. The average Bonchev–Trinajstić information content (AvgIpc) is 2.42. The van der Waals surface area contributed by atoms with E-state index in [2.05, 4.69) is 17.0 Å². The first kappa shape index (κ1) is 16.1. The molecule has 0 unspecified atom stereocenters. The first-order valence-electron chi connectivity index (χ1n) is 7.22. The van der Waals surface area contributed by atoms with Gasteiger partial charge < -0.3 is 15.5 Å². The van der Waals surface area contributed by atoms with Crippen molar-refractivity contribution in [3.8, 4) is 0 Å². The number of aliphatic imine (C=N–C) groups is 1. The number of nitrogens with zero attached hydrogens (tertiary/aromatic N) is 1. The summed E-state index contributed by atoms with van der Waals surface area (Å²) in [6, 6.07) is -0.701. The molecule has 5 nitrogen and oxygen atoms in total. The van der Waals surface area contributed by atoms with Gasteiger partial charge in [0.1, 0.15) is 0 Å². The van der Waals surface area contributed by atoms with E-state index in [1.807, 2.05) is 6.92 Å². The topological polar surface area (TPSA) is 81.9 Å². The molecule has 0 aromatic rings. The summed E-state index contributed by atoms with van der Waals surface area (Å²) >= 11 is 0. The van der Waals surface area contributed by atoms with Gasteiger partial charge in [0, 0.05) is 0 Å². The van der Waals surface area contributed by atoms with Crippen molar-refractivity contribution < 1.29 is 15.0 Å². The lowest BCUT2D eigenvalue weighted by Crippen LogP contribution is -2.50. The fourth-order valence-electron chi connectivity index (χ4n) is 2.48. The molecule has 1 amide bonds. The molecule has 0 radical (unpaired) electrons. The third kappa shape index (κ3) is 4.91. The monoisotopic (exact) mass is 270 g/mol. The second-order valence-corrected chi connectivity index (χ2v) is 5.30. The molecule has 0 aromatic heterocycles. The van der Waals surface area contributed by atoms with Crippen LogP contribution in [-0.4, -0.2) is 47.1 Å². The molecule has 110 valence electrons. The molecule has 0 aromatic carbocycles. The summed E-state index contributed by atoms with van der Waals surface area (Å²) in [6.45, 7) is 5.49. The van der Waals surface area contributed by atoms with E-state index in [-0.39, 0.29) is 6.04 Å². The van der Waals surface area contributed by atoms with E-state index in [0.717, 1.165) is 32.1 Å². The molecule has 3 N–H and O–H groups in total. The second kappa shape index (κ2) is 8.27.